The second kappa shape index (κ2) is 6.17. The average Bonchev–Trinajstić information content (AvgIpc) is 2.84. The molecule has 0 amide bonds. The molecule has 0 aliphatic carbocycles. The topological polar surface area (TPSA) is 68.3 Å². The number of aromatic nitrogens is 1. The van der Waals surface area contributed by atoms with Gasteiger partial charge in [-0.05, 0) is 18.9 Å². The van der Waals surface area contributed by atoms with Gasteiger partial charge >= 0.3 is 0 Å². The van der Waals surface area contributed by atoms with Crippen molar-refractivity contribution in [2.45, 2.75) is 30.8 Å². The van der Waals surface area contributed by atoms with Gasteiger partial charge < -0.3 is 4.74 Å². The monoisotopic (exact) mass is 304 g/mol. The van der Waals surface area contributed by atoms with Gasteiger partial charge in [0, 0.05) is 31.5 Å². The molecule has 1 aliphatic rings. The summed E-state index contributed by atoms with van der Waals surface area (Å²) in [4.78, 5) is 3.81. The molecule has 1 saturated heterocycles. The third-order valence-electron chi connectivity index (χ3n) is 3.31. The first-order valence-electron chi connectivity index (χ1n) is 6.25. The minimum absolute atomic E-state index is 0.0173. The summed E-state index contributed by atoms with van der Waals surface area (Å²) in [5, 5.41) is 0.178. The maximum absolute atomic E-state index is 12.1. The van der Waals surface area contributed by atoms with Gasteiger partial charge in [-0.25, -0.2) is 13.1 Å². The molecule has 2 unspecified atom stereocenters. The molecule has 1 aliphatic heterocycles. The second-order valence-corrected chi connectivity index (χ2v) is 6.67. The zero-order valence-corrected chi connectivity index (χ0v) is 12.2. The quantitative estimate of drug-likeness (QED) is 0.901. The molecule has 5 nitrogen and oxygen atoms in total. The van der Waals surface area contributed by atoms with Crippen LogP contribution in [0.15, 0.2) is 23.4 Å². The molecule has 7 heteroatoms. The first kappa shape index (κ1) is 14.7. The summed E-state index contributed by atoms with van der Waals surface area (Å²) in [5.41, 5.74) is 0. The molecule has 1 N–H and O–H groups in total. The molecule has 2 atom stereocenters. The van der Waals surface area contributed by atoms with Gasteiger partial charge in [0.2, 0.25) is 10.0 Å². The largest absolute Gasteiger partial charge is 0.378 e. The van der Waals surface area contributed by atoms with Gasteiger partial charge in [0.1, 0.15) is 4.90 Å². The molecule has 0 aromatic carbocycles. The third kappa shape index (κ3) is 3.45. The fourth-order valence-electron chi connectivity index (χ4n) is 2.23. The van der Waals surface area contributed by atoms with Crippen LogP contribution in [0.4, 0.5) is 0 Å². The number of rotatable bonds is 5. The van der Waals surface area contributed by atoms with Crippen LogP contribution in [0, 0.1) is 5.92 Å². The van der Waals surface area contributed by atoms with E-state index in [1.165, 1.54) is 18.5 Å². The summed E-state index contributed by atoms with van der Waals surface area (Å²) in [6, 6.07) is 1.46. The van der Waals surface area contributed by atoms with E-state index < -0.39 is 10.0 Å². The van der Waals surface area contributed by atoms with Gasteiger partial charge in [-0.2, -0.15) is 0 Å². The summed E-state index contributed by atoms with van der Waals surface area (Å²) in [6.07, 6.45) is 4.61. The molecule has 0 spiro atoms. The molecule has 2 heterocycles. The lowest BCUT2D eigenvalue weighted by molar-refractivity contribution is 0.0884. The average molecular weight is 305 g/mol. The molecular formula is C12H17ClN2O3S. The highest BCUT2D eigenvalue weighted by Crippen LogP contribution is 2.24. The minimum Gasteiger partial charge on any atom is -0.378 e. The Morgan fingerprint density at radius 3 is 3.05 bits per heavy atom. The highest BCUT2D eigenvalue weighted by Gasteiger charge is 2.28. The Bertz CT molecular complexity index is 536. The molecule has 1 aromatic heterocycles. The van der Waals surface area contributed by atoms with Gasteiger partial charge in [-0.15, -0.1) is 0 Å². The van der Waals surface area contributed by atoms with Crippen LogP contribution >= 0.6 is 11.6 Å². The molecule has 1 aromatic rings. The fraction of sp³-hybridized carbons (Fsp3) is 0.583. The van der Waals surface area contributed by atoms with Gasteiger partial charge in [-0.3, -0.25) is 4.98 Å². The first-order chi connectivity index (χ1) is 9.04. The van der Waals surface area contributed by atoms with Crippen LogP contribution in [-0.4, -0.2) is 32.7 Å². The number of halogens is 1. The zero-order chi connectivity index (χ0) is 13.9. The number of nitrogens with one attached hydrogen (secondary N) is 1. The van der Waals surface area contributed by atoms with Crippen molar-refractivity contribution in [2.24, 2.45) is 5.92 Å². The van der Waals surface area contributed by atoms with E-state index in [0.29, 0.717) is 13.2 Å². The predicted octanol–water partition coefficient (Wildman–Crippen LogP) is 1.83. The fourth-order valence-corrected chi connectivity index (χ4v) is 3.76. The molecule has 2 rings (SSSR count). The van der Waals surface area contributed by atoms with Crippen LogP contribution in [0.3, 0.4) is 0 Å². The normalized spacial score (nSPS) is 23.7. The maximum atomic E-state index is 12.1. The molecular weight excluding hydrogens is 288 g/mol. The van der Waals surface area contributed by atoms with Crippen molar-refractivity contribution in [1.29, 1.82) is 0 Å². The summed E-state index contributed by atoms with van der Waals surface area (Å²) >= 11 is 5.88. The van der Waals surface area contributed by atoms with Crippen LogP contribution in [0.2, 0.25) is 5.02 Å². The van der Waals surface area contributed by atoms with E-state index in [4.69, 9.17) is 16.3 Å². The van der Waals surface area contributed by atoms with Crippen molar-refractivity contribution < 1.29 is 13.2 Å². The van der Waals surface area contributed by atoms with Crippen LogP contribution in [0.1, 0.15) is 19.8 Å². The summed E-state index contributed by atoms with van der Waals surface area (Å²) in [7, 11) is -3.61. The molecule has 106 valence electrons. The van der Waals surface area contributed by atoms with Crippen molar-refractivity contribution >= 4 is 21.6 Å². The highest BCUT2D eigenvalue weighted by molar-refractivity contribution is 7.89. The van der Waals surface area contributed by atoms with Crippen LogP contribution in [0.5, 0.6) is 0 Å². The molecule has 19 heavy (non-hydrogen) atoms. The molecule has 1 fully saturated rings. The van der Waals surface area contributed by atoms with Crippen molar-refractivity contribution in [1.82, 2.24) is 9.71 Å². The first-order valence-corrected chi connectivity index (χ1v) is 8.11. The summed E-state index contributed by atoms with van der Waals surface area (Å²) in [6.45, 7) is 3.10. The van der Waals surface area contributed by atoms with E-state index in [2.05, 4.69) is 9.71 Å². The van der Waals surface area contributed by atoms with Crippen LogP contribution in [-0.2, 0) is 14.8 Å². The Balaban J connectivity index is 2.04. The SMILES string of the molecule is CCC1OCCC1CNS(=O)(=O)c1cnccc1Cl. The summed E-state index contributed by atoms with van der Waals surface area (Å²) < 4.78 is 32.4. The van der Waals surface area contributed by atoms with Crippen LogP contribution < -0.4 is 4.72 Å². The number of pyridine rings is 1. The van der Waals surface area contributed by atoms with Crippen molar-refractivity contribution in [3.8, 4) is 0 Å². The zero-order valence-electron chi connectivity index (χ0n) is 10.7. The number of hydrogen-bond acceptors (Lipinski definition) is 4. The lowest BCUT2D eigenvalue weighted by Gasteiger charge is -2.17. The number of nitrogens with zero attached hydrogens (tertiary/aromatic N) is 1. The van der Waals surface area contributed by atoms with Crippen molar-refractivity contribution in [3.63, 3.8) is 0 Å². The Labute approximate surface area is 118 Å². The van der Waals surface area contributed by atoms with E-state index in [1.807, 2.05) is 6.92 Å². The van der Waals surface area contributed by atoms with E-state index in [-0.39, 0.29) is 21.9 Å². The number of sulfonamides is 1. The third-order valence-corrected chi connectivity index (χ3v) is 5.20. The van der Waals surface area contributed by atoms with E-state index in [9.17, 15) is 8.42 Å². The smallest absolute Gasteiger partial charge is 0.243 e. The van der Waals surface area contributed by atoms with E-state index in [0.717, 1.165) is 12.8 Å². The second-order valence-electron chi connectivity index (χ2n) is 4.52. The lowest BCUT2D eigenvalue weighted by atomic mass is 10.0. The van der Waals surface area contributed by atoms with Gasteiger partial charge in [0.25, 0.3) is 0 Å². The lowest BCUT2D eigenvalue weighted by Crippen LogP contribution is -2.33. The Morgan fingerprint density at radius 1 is 1.58 bits per heavy atom. The highest BCUT2D eigenvalue weighted by atomic mass is 35.5. The molecule has 0 saturated carbocycles. The van der Waals surface area contributed by atoms with Crippen molar-refractivity contribution in [3.05, 3.63) is 23.5 Å². The van der Waals surface area contributed by atoms with Gasteiger partial charge in [0.15, 0.2) is 0 Å². The van der Waals surface area contributed by atoms with Gasteiger partial charge in [-0.1, -0.05) is 18.5 Å². The number of hydrogen-bond donors (Lipinski definition) is 1. The van der Waals surface area contributed by atoms with Gasteiger partial charge in [0.05, 0.1) is 11.1 Å². The van der Waals surface area contributed by atoms with E-state index >= 15 is 0 Å². The molecule has 0 radical (unpaired) electrons. The van der Waals surface area contributed by atoms with Crippen LogP contribution in [0.25, 0.3) is 0 Å². The molecule has 0 bridgehead atoms. The predicted molar refractivity (Wildman–Crippen MR) is 72.6 cm³/mol. The number of ether oxygens (including phenoxy) is 1. The standard InChI is InChI=1S/C12H17ClN2O3S/c1-2-11-9(4-6-18-11)7-15-19(16,17)12-8-14-5-3-10(12)13/h3,5,8-9,11,15H,2,4,6-7H2,1H3. The summed E-state index contributed by atoms with van der Waals surface area (Å²) in [5.74, 6) is 0.218. The van der Waals surface area contributed by atoms with Crippen molar-refractivity contribution in [2.75, 3.05) is 13.2 Å². The Kier molecular flexibility index (Phi) is 4.78. The van der Waals surface area contributed by atoms with E-state index in [1.54, 1.807) is 0 Å². The Hall–Kier alpha value is -0.690. The Morgan fingerprint density at radius 2 is 2.37 bits per heavy atom. The maximum Gasteiger partial charge on any atom is 0.243 e. The minimum atomic E-state index is -3.61.